The molecule has 1 aromatic heterocycles. The zero-order valence-electron chi connectivity index (χ0n) is 9.31. The highest BCUT2D eigenvalue weighted by Gasteiger charge is 2.10. The Morgan fingerprint density at radius 1 is 1.62 bits per heavy atom. The van der Waals surface area contributed by atoms with E-state index in [9.17, 15) is 9.90 Å². The minimum absolute atomic E-state index is 0.274. The van der Waals surface area contributed by atoms with Gasteiger partial charge in [0.1, 0.15) is 4.88 Å². The third kappa shape index (κ3) is 3.92. The lowest BCUT2D eigenvalue weighted by atomic mass is 10.2. The first-order valence-corrected chi connectivity index (χ1v) is 6.13. The van der Waals surface area contributed by atoms with Crippen molar-refractivity contribution in [2.45, 2.75) is 25.9 Å². The van der Waals surface area contributed by atoms with E-state index in [2.05, 4.69) is 0 Å². The van der Waals surface area contributed by atoms with Crippen LogP contribution in [-0.2, 0) is 11.2 Å². The van der Waals surface area contributed by atoms with Crippen molar-refractivity contribution in [1.82, 2.24) is 0 Å². The summed E-state index contributed by atoms with van der Waals surface area (Å²) in [5, 5.41) is 9.31. The van der Waals surface area contributed by atoms with Gasteiger partial charge in [-0.3, -0.25) is 0 Å². The van der Waals surface area contributed by atoms with Crippen LogP contribution in [0.4, 0.5) is 0 Å². The van der Waals surface area contributed by atoms with Crippen LogP contribution in [0.3, 0.4) is 0 Å². The van der Waals surface area contributed by atoms with E-state index in [0.717, 1.165) is 11.3 Å². The van der Waals surface area contributed by atoms with Crippen LogP contribution in [0, 0.1) is 0 Å². The number of carbonyl (C=O) groups excluding carboxylic acids is 1. The van der Waals surface area contributed by atoms with Crippen LogP contribution in [0.15, 0.2) is 12.1 Å². The van der Waals surface area contributed by atoms with Crippen molar-refractivity contribution in [2.75, 3.05) is 13.2 Å². The third-order valence-electron chi connectivity index (χ3n) is 2.13. The molecule has 16 heavy (non-hydrogen) atoms. The monoisotopic (exact) mass is 243 g/mol. The second kappa shape index (κ2) is 6.62. The lowest BCUT2D eigenvalue weighted by Gasteiger charge is -2.04. The number of nitrogens with two attached hydrogens (primary N) is 1. The highest BCUT2D eigenvalue weighted by molar-refractivity contribution is 7.13. The molecule has 0 aromatic carbocycles. The van der Waals surface area contributed by atoms with Gasteiger partial charge in [-0.05, 0) is 31.9 Å². The van der Waals surface area contributed by atoms with Gasteiger partial charge in [0.05, 0.1) is 12.7 Å². The molecule has 1 heterocycles. The molecule has 0 aliphatic rings. The Labute approximate surface area is 99.0 Å². The number of rotatable bonds is 6. The summed E-state index contributed by atoms with van der Waals surface area (Å²) in [5.41, 5.74) is 5.31. The van der Waals surface area contributed by atoms with E-state index in [1.165, 1.54) is 11.3 Å². The highest BCUT2D eigenvalue weighted by Crippen LogP contribution is 2.19. The van der Waals surface area contributed by atoms with Crippen molar-refractivity contribution in [1.29, 1.82) is 0 Å². The average Bonchev–Trinajstić information content (AvgIpc) is 2.75. The predicted octanol–water partition coefficient (Wildman–Crippen LogP) is 1.18. The number of aryl methyl sites for hydroxylation is 1. The summed E-state index contributed by atoms with van der Waals surface area (Å²) in [7, 11) is 0. The van der Waals surface area contributed by atoms with Gasteiger partial charge in [0.2, 0.25) is 0 Å². The molecule has 0 bridgehead atoms. The summed E-state index contributed by atoms with van der Waals surface area (Å²) in [6.07, 6.45) is 0.898. The first-order chi connectivity index (χ1) is 7.67. The molecule has 4 nitrogen and oxygen atoms in total. The van der Waals surface area contributed by atoms with Crippen LogP contribution in [-0.4, -0.2) is 30.3 Å². The van der Waals surface area contributed by atoms with E-state index >= 15 is 0 Å². The first-order valence-electron chi connectivity index (χ1n) is 5.31. The van der Waals surface area contributed by atoms with Crippen molar-refractivity contribution in [3.63, 3.8) is 0 Å². The quantitative estimate of drug-likeness (QED) is 0.736. The van der Waals surface area contributed by atoms with Crippen molar-refractivity contribution in [2.24, 2.45) is 5.73 Å². The minimum atomic E-state index is -0.465. The number of carbonyl (C=O) groups is 1. The Balaban J connectivity index is 2.48. The van der Waals surface area contributed by atoms with Gasteiger partial charge in [-0.25, -0.2) is 4.79 Å². The molecule has 0 aliphatic carbocycles. The molecule has 0 fully saturated rings. The van der Waals surface area contributed by atoms with E-state index in [-0.39, 0.29) is 12.5 Å². The number of thiophene rings is 1. The van der Waals surface area contributed by atoms with Gasteiger partial charge in [-0.2, -0.15) is 0 Å². The zero-order chi connectivity index (χ0) is 12.0. The molecule has 0 saturated heterocycles. The van der Waals surface area contributed by atoms with Gasteiger partial charge in [0.15, 0.2) is 0 Å². The molecule has 1 rings (SSSR count). The Hall–Kier alpha value is -0.910. The molecule has 0 saturated carbocycles. The third-order valence-corrected chi connectivity index (χ3v) is 3.26. The fraction of sp³-hybridized carbons (Fsp3) is 0.545. The molecule has 90 valence electrons. The largest absolute Gasteiger partial charge is 0.462 e. The topological polar surface area (TPSA) is 72.5 Å². The van der Waals surface area contributed by atoms with E-state index in [4.69, 9.17) is 10.5 Å². The molecule has 0 aliphatic heterocycles. The maximum Gasteiger partial charge on any atom is 0.348 e. The smallest absolute Gasteiger partial charge is 0.348 e. The van der Waals surface area contributed by atoms with Crippen LogP contribution >= 0.6 is 11.3 Å². The average molecular weight is 243 g/mol. The lowest BCUT2D eigenvalue weighted by Crippen LogP contribution is -2.19. The van der Waals surface area contributed by atoms with Crippen LogP contribution in [0.1, 0.15) is 27.9 Å². The fourth-order valence-corrected chi connectivity index (χ4v) is 2.17. The molecule has 0 unspecified atom stereocenters. The molecule has 3 N–H and O–H groups in total. The maximum absolute atomic E-state index is 11.4. The predicted molar refractivity (Wildman–Crippen MR) is 63.7 cm³/mol. The normalized spacial score (nSPS) is 12.4. The molecule has 1 atom stereocenters. The van der Waals surface area contributed by atoms with E-state index in [1.54, 1.807) is 13.0 Å². The first kappa shape index (κ1) is 13.2. The van der Waals surface area contributed by atoms with Crippen LogP contribution < -0.4 is 5.73 Å². The Morgan fingerprint density at radius 3 is 3.00 bits per heavy atom. The van der Waals surface area contributed by atoms with Crippen molar-refractivity contribution in [3.8, 4) is 0 Å². The van der Waals surface area contributed by atoms with Gasteiger partial charge in [0, 0.05) is 11.4 Å². The Bertz CT molecular complexity index is 338. The van der Waals surface area contributed by atoms with Crippen molar-refractivity contribution >= 4 is 17.3 Å². The summed E-state index contributed by atoms with van der Waals surface area (Å²) >= 11 is 1.41. The van der Waals surface area contributed by atoms with Crippen LogP contribution in [0.2, 0.25) is 0 Å². The molecule has 1 aromatic rings. The van der Waals surface area contributed by atoms with Crippen molar-refractivity contribution < 1.29 is 14.6 Å². The minimum Gasteiger partial charge on any atom is -0.462 e. The van der Waals surface area contributed by atoms with E-state index in [1.807, 2.05) is 6.07 Å². The highest BCUT2D eigenvalue weighted by atomic mass is 32.1. The maximum atomic E-state index is 11.4. The van der Waals surface area contributed by atoms with E-state index < -0.39 is 6.10 Å². The van der Waals surface area contributed by atoms with Gasteiger partial charge < -0.3 is 15.6 Å². The summed E-state index contributed by atoms with van der Waals surface area (Å²) in [6.45, 7) is 2.44. The fourth-order valence-electron chi connectivity index (χ4n) is 1.25. The van der Waals surface area contributed by atoms with Crippen LogP contribution in [0.5, 0.6) is 0 Å². The second-order valence-electron chi connectivity index (χ2n) is 3.41. The summed E-state index contributed by atoms with van der Waals surface area (Å²) in [4.78, 5) is 13.0. The Kier molecular flexibility index (Phi) is 5.45. The van der Waals surface area contributed by atoms with Crippen molar-refractivity contribution in [3.05, 3.63) is 21.9 Å². The zero-order valence-corrected chi connectivity index (χ0v) is 10.1. The van der Waals surface area contributed by atoms with Gasteiger partial charge >= 0.3 is 5.97 Å². The number of hydrogen-bond donors (Lipinski definition) is 2. The molecule has 0 spiro atoms. The second-order valence-corrected chi connectivity index (χ2v) is 4.58. The standard InChI is InChI=1S/C11H17NO3S/c1-2-15-11(14)10-6-5-9(16-10)4-3-8(13)7-12/h5-6,8,13H,2-4,7,12H2,1H3/t8-/m0/s1. The van der Waals surface area contributed by atoms with Gasteiger partial charge in [-0.15, -0.1) is 11.3 Å². The molecule has 0 amide bonds. The lowest BCUT2D eigenvalue weighted by molar-refractivity contribution is 0.0532. The summed E-state index contributed by atoms with van der Waals surface area (Å²) < 4.78 is 4.89. The van der Waals surface area contributed by atoms with E-state index in [0.29, 0.717) is 17.9 Å². The summed E-state index contributed by atoms with van der Waals surface area (Å²) in [5.74, 6) is -0.280. The molecular formula is C11H17NO3S. The number of aliphatic hydroxyl groups is 1. The molecule has 5 heteroatoms. The molecule has 0 radical (unpaired) electrons. The SMILES string of the molecule is CCOC(=O)c1ccc(CC[C@H](O)CN)s1. The number of esters is 1. The van der Waals surface area contributed by atoms with Crippen LogP contribution in [0.25, 0.3) is 0 Å². The molecular weight excluding hydrogens is 226 g/mol. The summed E-state index contributed by atoms with van der Waals surface area (Å²) in [6, 6.07) is 3.65. The number of aliphatic hydroxyl groups excluding tert-OH is 1. The number of hydrogen-bond acceptors (Lipinski definition) is 5. The van der Waals surface area contributed by atoms with Gasteiger partial charge in [0.25, 0.3) is 0 Å². The van der Waals surface area contributed by atoms with Gasteiger partial charge in [-0.1, -0.05) is 0 Å². The Morgan fingerprint density at radius 2 is 2.38 bits per heavy atom. The number of ether oxygens (including phenoxy) is 1.